The van der Waals surface area contributed by atoms with Gasteiger partial charge in [-0.15, -0.1) is 0 Å². The number of anilines is 1. The van der Waals surface area contributed by atoms with Crippen molar-refractivity contribution in [3.8, 4) is 0 Å². The van der Waals surface area contributed by atoms with Crippen LogP contribution in [0.1, 0.15) is 10.4 Å². The zero-order valence-corrected chi connectivity index (χ0v) is 12.0. The Morgan fingerprint density at radius 2 is 1.94 bits per heavy atom. The van der Waals surface area contributed by atoms with Crippen LogP contribution in [-0.2, 0) is 0 Å². The number of amides is 1. The second kappa shape index (κ2) is 6.02. The maximum atomic E-state index is 12.1. The lowest BCUT2D eigenvalue weighted by Crippen LogP contribution is -2.33. The van der Waals surface area contributed by atoms with Gasteiger partial charge >= 0.3 is 0 Å². The van der Waals surface area contributed by atoms with E-state index < -0.39 is 0 Å². The van der Waals surface area contributed by atoms with Gasteiger partial charge in [-0.05, 0) is 32.3 Å². The third-order valence-corrected chi connectivity index (χ3v) is 2.97. The maximum Gasteiger partial charge on any atom is 0.255 e. The number of likely N-dealkylation sites (N-methyl/N-ethyl adjacent to an activating group) is 2. The Balaban J connectivity index is 2.78. The lowest BCUT2D eigenvalue weighted by atomic mass is 10.1. The van der Waals surface area contributed by atoms with E-state index in [2.05, 4.69) is 15.9 Å². The van der Waals surface area contributed by atoms with Crippen LogP contribution < -0.4 is 5.73 Å². The number of carbonyl (C=O) groups excluding carboxylic acids is 1. The van der Waals surface area contributed by atoms with E-state index in [4.69, 9.17) is 5.73 Å². The number of hydrogen-bond acceptors (Lipinski definition) is 3. The topological polar surface area (TPSA) is 49.6 Å². The minimum absolute atomic E-state index is 0.0503. The first kappa shape index (κ1) is 14.0. The Bertz CT molecular complexity index is 407. The minimum Gasteiger partial charge on any atom is -0.398 e. The third-order valence-electron chi connectivity index (χ3n) is 2.48. The summed E-state index contributed by atoms with van der Waals surface area (Å²) < 4.78 is 0.857. The molecule has 94 valence electrons. The molecule has 0 spiro atoms. The molecule has 1 aromatic rings. The molecule has 0 aliphatic heterocycles. The number of nitrogen functional groups attached to an aromatic ring is 1. The minimum atomic E-state index is -0.0503. The second-order valence-electron chi connectivity index (χ2n) is 4.26. The summed E-state index contributed by atoms with van der Waals surface area (Å²) in [5, 5.41) is 0. The monoisotopic (exact) mass is 299 g/mol. The SMILES string of the molecule is CN(C)CCN(C)C(=O)c1cc(Br)ccc1N. The predicted octanol–water partition coefficient (Wildman–Crippen LogP) is 1.66. The lowest BCUT2D eigenvalue weighted by Gasteiger charge is -2.20. The van der Waals surface area contributed by atoms with Crippen molar-refractivity contribution in [1.82, 2.24) is 9.80 Å². The van der Waals surface area contributed by atoms with Crippen molar-refractivity contribution in [2.75, 3.05) is 40.0 Å². The summed E-state index contributed by atoms with van der Waals surface area (Å²) in [6.45, 7) is 1.51. The van der Waals surface area contributed by atoms with Crippen molar-refractivity contribution in [1.29, 1.82) is 0 Å². The highest BCUT2D eigenvalue weighted by molar-refractivity contribution is 9.10. The van der Waals surface area contributed by atoms with Gasteiger partial charge in [0.25, 0.3) is 5.91 Å². The molecule has 5 heteroatoms. The molecule has 0 unspecified atom stereocenters. The smallest absolute Gasteiger partial charge is 0.255 e. The molecule has 0 aliphatic rings. The molecule has 0 saturated heterocycles. The fourth-order valence-electron chi connectivity index (χ4n) is 1.37. The Kier molecular flexibility index (Phi) is 4.96. The predicted molar refractivity (Wildman–Crippen MR) is 74.1 cm³/mol. The normalized spacial score (nSPS) is 10.6. The number of rotatable bonds is 4. The van der Waals surface area contributed by atoms with Gasteiger partial charge in [-0.2, -0.15) is 0 Å². The molecule has 0 fully saturated rings. The molecule has 0 aliphatic carbocycles. The van der Waals surface area contributed by atoms with Crippen molar-refractivity contribution in [3.05, 3.63) is 28.2 Å². The van der Waals surface area contributed by atoms with Crippen LogP contribution in [0.3, 0.4) is 0 Å². The summed E-state index contributed by atoms with van der Waals surface area (Å²) in [4.78, 5) is 15.9. The largest absolute Gasteiger partial charge is 0.398 e. The van der Waals surface area contributed by atoms with Gasteiger partial charge in [0.1, 0.15) is 0 Å². The van der Waals surface area contributed by atoms with Crippen LogP contribution in [0.4, 0.5) is 5.69 Å². The molecule has 0 atom stereocenters. The average Bonchev–Trinajstić information content (AvgIpc) is 2.28. The summed E-state index contributed by atoms with van der Waals surface area (Å²) in [5.74, 6) is -0.0503. The molecule has 1 rings (SSSR count). The molecule has 0 radical (unpaired) electrons. The van der Waals surface area contributed by atoms with E-state index in [1.807, 2.05) is 25.1 Å². The van der Waals surface area contributed by atoms with Crippen LogP contribution in [0.25, 0.3) is 0 Å². The first-order valence-corrected chi connectivity index (χ1v) is 6.16. The summed E-state index contributed by atoms with van der Waals surface area (Å²) in [6, 6.07) is 5.31. The highest BCUT2D eigenvalue weighted by Gasteiger charge is 2.14. The zero-order chi connectivity index (χ0) is 13.0. The van der Waals surface area contributed by atoms with Crippen molar-refractivity contribution in [2.45, 2.75) is 0 Å². The van der Waals surface area contributed by atoms with Gasteiger partial charge in [0.15, 0.2) is 0 Å². The van der Waals surface area contributed by atoms with E-state index in [1.54, 1.807) is 24.1 Å². The van der Waals surface area contributed by atoms with Crippen LogP contribution in [0, 0.1) is 0 Å². The fourth-order valence-corrected chi connectivity index (χ4v) is 1.73. The second-order valence-corrected chi connectivity index (χ2v) is 5.18. The van der Waals surface area contributed by atoms with Crippen molar-refractivity contribution < 1.29 is 4.79 Å². The van der Waals surface area contributed by atoms with E-state index >= 15 is 0 Å². The van der Waals surface area contributed by atoms with Crippen molar-refractivity contribution in [2.24, 2.45) is 0 Å². The summed E-state index contributed by atoms with van der Waals surface area (Å²) in [5.41, 5.74) is 6.86. The molecule has 2 N–H and O–H groups in total. The molecule has 4 nitrogen and oxygen atoms in total. The summed E-state index contributed by atoms with van der Waals surface area (Å²) in [6.07, 6.45) is 0. The molecule has 0 heterocycles. The van der Waals surface area contributed by atoms with Gasteiger partial charge in [0.2, 0.25) is 0 Å². The Morgan fingerprint density at radius 1 is 1.29 bits per heavy atom. The number of nitrogens with zero attached hydrogens (tertiary/aromatic N) is 2. The van der Waals surface area contributed by atoms with E-state index in [9.17, 15) is 4.79 Å². The fraction of sp³-hybridized carbons (Fsp3) is 0.417. The van der Waals surface area contributed by atoms with Gasteiger partial charge in [-0.25, -0.2) is 0 Å². The summed E-state index contributed by atoms with van der Waals surface area (Å²) in [7, 11) is 5.74. The van der Waals surface area contributed by atoms with Crippen molar-refractivity contribution in [3.63, 3.8) is 0 Å². The molecule has 0 saturated carbocycles. The van der Waals surface area contributed by atoms with Gasteiger partial charge in [-0.3, -0.25) is 4.79 Å². The molecule has 0 aromatic heterocycles. The molecule has 0 bridgehead atoms. The average molecular weight is 300 g/mol. The number of carbonyl (C=O) groups is 1. The van der Waals surface area contributed by atoms with E-state index in [0.717, 1.165) is 11.0 Å². The van der Waals surface area contributed by atoms with Gasteiger partial charge in [-0.1, -0.05) is 15.9 Å². The molecular weight excluding hydrogens is 282 g/mol. The van der Waals surface area contributed by atoms with E-state index in [0.29, 0.717) is 17.8 Å². The summed E-state index contributed by atoms with van der Waals surface area (Å²) >= 11 is 3.34. The van der Waals surface area contributed by atoms with Gasteiger partial charge in [0, 0.05) is 30.3 Å². The molecule has 1 aromatic carbocycles. The number of benzene rings is 1. The quantitative estimate of drug-likeness (QED) is 0.861. The first-order valence-electron chi connectivity index (χ1n) is 5.37. The Hall–Kier alpha value is -1.07. The molecular formula is C12H18BrN3O. The Morgan fingerprint density at radius 3 is 2.53 bits per heavy atom. The number of nitrogens with two attached hydrogens (primary N) is 1. The lowest BCUT2D eigenvalue weighted by molar-refractivity contribution is 0.0787. The highest BCUT2D eigenvalue weighted by Crippen LogP contribution is 2.19. The van der Waals surface area contributed by atoms with Gasteiger partial charge < -0.3 is 15.5 Å². The van der Waals surface area contributed by atoms with Crippen LogP contribution in [-0.4, -0.2) is 49.9 Å². The maximum absolute atomic E-state index is 12.1. The molecule has 17 heavy (non-hydrogen) atoms. The van der Waals surface area contributed by atoms with Crippen LogP contribution in [0.5, 0.6) is 0 Å². The van der Waals surface area contributed by atoms with Gasteiger partial charge in [0.05, 0.1) is 5.56 Å². The number of hydrogen-bond donors (Lipinski definition) is 1. The van der Waals surface area contributed by atoms with E-state index in [-0.39, 0.29) is 5.91 Å². The van der Waals surface area contributed by atoms with Crippen molar-refractivity contribution >= 4 is 27.5 Å². The van der Waals surface area contributed by atoms with Crippen LogP contribution in [0.2, 0.25) is 0 Å². The number of halogens is 1. The standard InChI is InChI=1S/C12H18BrN3O/c1-15(2)6-7-16(3)12(17)10-8-9(13)4-5-11(10)14/h4-5,8H,6-7,14H2,1-3H3. The van der Waals surface area contributed by atoms with Crippen LogP contribution >= 0.6 is 15.9 Å². The zero-order valence-electron chi connectivity index (χ0n) is 10.4. The molecule has 1 amide bonds. The Labute approximate surface area is 111 Å². The van der Waals surface area contributed by atoms with Crippen LogP contribution in [0.15, 0.2) is 22.7 Å². The first-order chi connectivity index (χ1) is 7.91. The van der Waals surface area contributed by atoms with E-state index in [1.165, 1.54) is 0 Å². The third kappa shape index (κ3) is 4.02. The highest BCUT2D eigenvalue weighted by atomic mass is 79.9.